The van der Waals surface area contributed by atoms with Crippen LogP contribution in [0.25, 0.3) is 0 Å². The zero-order valence-electron chi connectivity index (χ0n) is 12.0. The van der Waals surface area contributed by atoms with Crippen LogP contribution in [0.1, 0.15) is 23.6 Å². The van der Waals surface area contributed by atoms with E-state index in [-0.39, 0.29) is 10.8 Å². The predicted octanol–water partition coefficient (Wildman–Crippen LogP) is 1.54. The maximum Gasteiger partial charge on any atom is 0.265 e. The van der Waals surface area contributed by atoms with Crippen molar-refractivity contribution >= 4 is 27.3 Å². The molecule has 0 bridgehead atoms. The Bertz CT molecular complexity index is 698. The van der Waals surface area contributed by atoms with Gasteiger partial charge < -0.3 is 5.32 Å². The molecular weight excluding hydrogens is 310 g/mol. The van der Waals surface area contributed by atoms with Crippen molar-refractivity contribution in [1.82, 2.24) is 20.5 Å². The first-order valence-electron chi connectivity index (χ1n) is 6.37. The molecular formula is C12H17N5O2S2. The van der Waals surface area contributed by atoms with Gasteiger partial charge in [-0.3, -0.25) is 0 Å². The van der Waals surface area contributed by atoms with Crippen LogP contribution in [0.4, 0.5) is 5.95 Å². The Morgan fingerprint density at radius 2 is 2.10 bits per heavy atom. The predicted molar refractivity (Wildman–Crippen MR) is 81.7 cm³/mol. The molecule has 2 N–H and O–H groups in total. The molecule has 0 aliphatic heterocycles. The maximum absolute atomic E-state index is 12.3. The van der Waals surface area contributed by atoms with Crippen molar-refractivity contribution in [3.05, 3.63) is 28.2 Å². The van der Waals surface area contributed by atoms with E-state index in [2.05, 4.69) is 25.2 Å². The number of hydrogen-bond donors (Lipinski definition) is 2. The molecule has 0 radical (unpaired) electrons. The molecule has 0 saturated carbocycles. The summed E-state index contributed by atoms with van der Waals surface area (Å²) in [4.78, 5) is 5.76. The molecule has 0 spiro atoms. The zero-order valence-corrected chi connectivity index (χ0v) is 13.6. The van der Waals surface area contributed by atoms with Gasteiger partial charge in [-0.2, -0.15) is 5.10 Å². The van der Waals surface area contributed by atoms with Crippen molar-refractivity contribution in [3.8, 4) is 0 Å². The van der Waals surface area contributed by atoms with E-state index in [9.17, 15) is 8.42 Å². The average molecular weight is 327 g/mol. The van der Waals surface area contributed by atoms with Crippen LogP contribution in [0.15, 0.2) is 23.4 Å². The number of aromatic nitrogens is 3. The number of rotatable bonds is 6. The number of hydrogen-bond acceptors (Lipinski definition) is 7. The lowest BCUT2D eigenvalue weighted by atomic mass is 10.3. The van der Waals surface area contributed by atoms with Crippen molar-refractivity contribution in [3.63, 3.8) is 0 Å². The molecule has 2 heterocycles. The van der Waals surface area contributed by atoms with Crippen LogP contribution in [-0.2, 0) is 16.6 Å². The highest BCUT2D eigenvalue weighted by atomic mass is 32.2. The van der Waals surface area contributed by atoms with Gasteiger partial charge in [0.1, 0.15) is 4.90 Å². The smallest absolute Gasteiger partial charge is 0.265 e. The second-order valence-electron chi connectivity index (χ2n) is 4.74. The molecule has 0 amide bonds. The fourth-order valence-electron chi connectivity index (χ4n) is 1.65. The van der Waals surface area contributed by atoms with Gasteiger partial charge in [-0.05, 0) is 13.0 Å². The van der Waals surface area contributed by atoms with Gasteiger partial charge in [0.2, 0.25) is 0 Å². The van der Waals surface area contributed by atoms with E-state index in [1.165, 1.54) is 23.7 Å². The van der Waals surface area contributed by atoms with E-state index in [1.807, 2.05) is 13.8 Å². The first-order valence-corrected chi connectivity index (χ1v) is 8.67. The SMILES string of the molecule is Cc1sc(CNC(C)C)cc1S(=O)(=O)Nc1nccnn1. The van der Waals surface area contributed by atoms with Gasteiger partial charge in [-0.15, -0.1) is 16.4 Å². The van der Waals surface area contributed by atoms with E-state index in [0.717, 1.165) is 9.75 Å². The van der Waals surface area contributed by atoms with Crippen LogP contribution in [0.3, 0.4) is 0 Å². The first kappa shape index (κ1) is 15.8. The van der Waals surface area contributed by atoms with E-state index < -0.39 is 10.0 Å². The van der Waals surface area contributed by atoms with Gasteiger partial charge >= 0.3 is 0 Å². The van der Waals surface area contributed by atoms with Crippen LogP contribution in [0, 0.1) is 6.92 Å². The Labute approximate surface area is 127 Å². The molecule has 0 unspecified atom stereocenters. The van der Waals surface area contributed by atoms with Crippen LogP contribution < -0.4 is 10.0 Å². The first-order chi connectivity index (χ1) is 9.88. The Kier molecular flexibility index (Phi) is 4.86. The van der Waals surface area contributed by atoms with Crippen molar-refractivity contribution < 1.29 is 8.42 Å². The summed E-state index contributed by atoms with van der Waals surface area (Å²) in [5.74, 6) is -0.0371. The van der Waals surface area contributed by atoms with Crippen LogP contribution >= 0.6 is 11.3 Å². The number of thiophene rings is 1. The number of anilines is 1. The molecule has 2 rings (SSSR count). The van der Waals surface area contributed by atoms with Gasteiger partial charge in [0.25, 0.3) is 16.0 Å². The van der Waals surface area contributed by atoms with Crippen molar-refractivity contribution in [2.75, 3.05) is 4.72 Å². The van der Waals surface area contributed by atoms with E-state index in [1.54, 1.807) is 13.0 Å². The van der Waals surface area contributed by atoms with Gasteiger partial charge in [-0.25, -0.2) is 18.1 Å². The Morgan fingerprint density at radius 3 is 2.71 bits per heavy atom. The number of sulfonamides is 1. The molecule has 2 aromatic rings. The third-order valence-corrected chi connectivity index (χ3v) is 5.24. The van der Waals surface area contributed by atoms with E-state index in [0.29, 0.717) is 12.6 Å². The molecule has 7 nitrogen and oxygen atoms in total. The Morgan fingerprint density at radius 1 is 1.33 bits per heavy atom. The lowest BCUT2D eigenvalue weighted by Gasteiger charge is -2.05. The molecule has 2 aromatic heterocycles. The fraction of sp³-hybridized carbons (Fsp3) is 0.417. The van der Waals surface area contributed by atoms with Crippen LogP contribution in [-0.4, -0.2) is 29.6 Å². The highest BCUT2D eigenvalue weighted by molar-refractivity contribution is 7.92. The number of aryl methyl sites for hydroxylation is 1. The zero-order chi connectivity index (χ0) is 15.5. The maximum atomic E-state index is 12.3. The molecule has 0 aliphatic rings. The normalized spacial score (nSPS) is 11.8. The highest BCUT2D eigenvalue weighted by Gasteiger charge is 2.21. The van der Waals surface area contributed by atoms with Crippen molar-refractivity contribution in [1.29, 1.82) is 0 Å². The summed E-state index contributed by atoms with van der Waals surface area (Å²) in [7, 11) is -3.69. The minimum atomic E-state index is -3.69. The molecule has 21 heavy (non-hydrogen) atoms. The quantitative estimate of drug-likeness (QED) is 0.835. The molecule has 0 saturated heterocycles. The standard InChI is InChI=1S/C12H17N5O2S2/c1-8(2)14-7-10-6-11(9(3)20-10)21(18,19)17-12-13-4-5-15-16-12/h4-6,8,14H,7H2,1-3H3,(H,13,16,17). The molecule has 9 heteroatoms. The summed E-state index contributed by atoms with van der Waals surface area (Å²) in [5, 5.41) is 10.5. The summed E-state index contributed by atoms with van der Waals surface area (Å²) in [6.45, 7) is 6.50. The van der Waals surface area contributed by atoms with Gasteiger partial charge in [0, 0.05) is 22.3 Å². The second kappa shape index (κ2) is 6.46. The molecule has 114 valence electrons. The Balaban J connectivity index is 2.20. The highest BCUT2D eigenvalue weighted by Crippen LogP contribution is 2.26. The average Bonchev–Trinajstić information content (AvgIpc) is 2.79. The van der Waals surface area contributed by atoms with Crippen LogP contribution in [0.2, 0.25) is 0 Å². The second-order valence-corrected chi connectivity index (χ2v) is 7.73. The lowest BCUT2D eigenvalue weighted by molar-refractivity contribution is 0.592. The van der Waals surface area contributed by atoms with E-state index in [4.69, 9.17) is 0 Å². The monoisotopic (exact) mass is 327 g/mol. The molecule has 0 fully saturated rings. The largest absolute Gasteiger partial charge is 0.310 e. The fourth-order valence-corrected chi connectivity index (χ4v) is 4.19. The lowest BCUT2D eigenvalue weighted by Crippen LogP contribution is -2.21. The van der Waals surface area contributed by atoms with E-state index >= 15 is 0 Å². The summed E-state index contributed by atoms with van der Waals surface area (Å²) in [6.07, 6.45) is 2.76. The van der Waals surface area contributed by atoms with Gasteiger partial charge in [0.05, 0.1) is 12.4 Å². The summed E-state index contributed by atoms with van der Waals surface area (Å²) >= 11 is 1.46. The third kappa shape index (κ3) is 4.19. The topological polar surface area (TPSA) is 96.9 Å². The van der Waals surface area contributed by atoms with Gasteiger partial charge in [-0.1, -0.05) is 13.8 Å². The molecule has 0 atom stereocenters. The summed E-state index contributed by atoms with van der Waals surface area (Å²) in [6, 6.07) is 2.02. The minimum absolute atomic E-state index is 0.0371. The summed E-state index contributed by atoms with van der Waals surface area (Å²) in [5.41, 5.74) is 0. The van der Waals surface area contributed by atoms with Crippen molar-refractivity contribution in [2.45, 2.75) is 38.3 Å². The van der Waals surface area contributed by atoms with Gasteiger partial charge in [0.15, 0.2) is 0 Å². The summed E-state index contributed by atoms with van der Waals surface area (Å²) < 4.78 is 27.0. The molecule has 0 aliphatic carbocycles. The minimum Gasteiger partial charge on any atom is -0.310 e. The molecule has 0 aromatic carbocycles. The number of nitrogens with zero attached hydrogens (tertiary/aromatic N) is 3. The number of nitrogens with one attached hydrogen (secondary N) is 2. The third-order valence-electron chi connectivity index (χ3n) is 2.61. The van der Waals surface area contributed by atoms with Crippen LogP contribution in [0.5, 0.6) is 0 Å². The van der Waals surface area contributed by atoms with Crippen molar-refractivity contribution in [2.24, 2.45) is 0 Å². The Hall–Kier alpha value is -1.58.